The van der Waals surface area contributed by atoms with Crippen LogP contribution in [-0.4, -0.2) is 30.4 Å². The van der Waals surface area contributed by atoms with Gasteiger partial charge >= 0.3 is 0 Å². The Labute approximate surface area is 54.1 Å². The van der Waals surface area contributed by atoms with Crippen LogP contribution in [-0.2, 0) is 9.30 Å². The van der Waals surface area contributed by atoms with Crippen LogP contribution in [0.2, 0.25) is 0 Å². The van der Waals surface area contributed by atoms with Gasteiger partial charge in [0.2, 0.25) is 8.03 Å². The fourth-order valence-electron chi connectivity index (χ4n) is 0.724. The molecular weight excluding hydrogens is 141 g/mol. The number of rotatable bonds is 1. The molecule has 2 N–H and O–H groups in total. The number of morpholine rings is 1. The first-order valence-corrected chi connectivity index (χ1v) is 4.29. The van der Waals surface area contributed by atoms with Crippen molar-refractivity contribution >= 4 is 8.03 Å². The van der Waals surface area contributed by atoms with Crippen LogP contribution in [0.4, 0.5) is 0 Å². The highest BCUT2D eigenvalue weighted by Crippen LogP contribution is 2.23. The van der Waals surface area contributed by atoms with Crippen LogP contribution >= 0.6 is 8.03 Å². The smallest absolute Gasteiger partial charge is 0.218 e. The van der Waals surface area contributed by atoms with E-state index in [9.17, 15) is 4.57 Å². The minimum atomic E-state index is -2.47. The predicted molar refractivity (Wildman–Crippen MR) is 33.8 cm³/mol. The summed E-state index contributed by atoms with van der Waals surface area (Å²) in [6, 6.07) is 0. The summed E-state index contributed by atoms with van der Waals surface area (Å²) in [5.41, 5.74) is 0. The summed E-state index contributed by atoms with van der Waals surface area (Å²) in [6.45, 7) is 1.83. The quantitative estimate of drug-likeness (QED) is 0.491. The second-order valence-electron chi connectivity index (χ2n) is 1.90. The molecule has 5 heteroatoms. The number of hydrogen-bond acceptors (Lipinski definition) is 3. The van der Waals surface area contributed by atoms with Crippen molar-refractivity contribution in [3.05, 3.63) is 0 Å². The normalized spacial score (nSPS) is 31.9. The molecule has 0 radical (unpaired) electrons. The molecule has 1 fully saturated rings. The van der Waals surface area contributed by atoms with Gasteiger partial charge in [0.25, 0.3) is 0 Å². The summed E-state index contributed by atoms with van der Waals surface area (Å²) in [5, 5.41) is 2.96. The minimum absolute atomic E-state index is 0.455. The van der Waals surface area contributed by atoms with E-state index in [-0.39, 0.29) is 0 Å². The SMILES string of the molecule is O=[PH](O)C1CNCCO1. The van der Waals surface area contributed by atoms with Crippen molar-refractivity contribution in [2.45, 2.75) is 5.85 Å². The molecule has 4 nitrogen and oxygen atoms in total. The first-order valence-electron chi connectivity index (χ1n) is 2.86. The summed E-state index contributed by atoms with van der Waals surface area (Å²) in [7, 11) is -2.47. The molecule has 1 aliphatic rings. The molecule has 1 heterocycles. The van der Waals surface area contributed by atoms with E-state index in [4.69, 9.17) is 9.63 Å². The first-order chi connectivity index (χ1) is 4.30. The van der Waals surface area contributed by atoms with Gasteiger partial charge in [0.1, 0.15) is 5.85 Å². The zero-order valence-electron chi connectivity index (χ0n) is 4.96. The van der Waals surface area contributed by atoms with Crippen molar-refractivity contribution in [3.63, 3.8) is 0 Å². The second-order valence-corrected chi connectivity index (χ2v) is 3.22. The summed E-state index contributed by atoms with van der Waals surface area (Å²) in [4.78, 5) is 8.56. The molecular formula is C4H10NO3P. The molecule has 0 saturated carbocycles. The molecule has 2 unspecified atom stereocenters. The average Bonchev–Trinajstić information content (AvgIpc) is 1.90. The van der Waals surface area contributed by atoms with Gasteiger partial charge in [-0.3, -0.25) is 4.57 Å². The van der Waals surface area contributed by atoms with Gasteiger partial charge < -0.3 is 14.9 Å². The van der Waals surface area contributed by atoms with E-state index in [1.165, 1.54) is 0 Å². The van der Waals surface area contributed by atoms with Crippen molar-refractivity contribution in [1.29, 1.82) is 0 Å². The zero-order valence-corrected chi connectivity index (χ0v) is 5.96. The maximum Gasteiger partial charge on any atom is 0.218 e. The van der Waals surface area contributed by atoms with E-state index in [2.05, 4.69) is 5.32 Å². The third kappa shape index (κ3) is 2.06. The maximum atomic E-state index is 10.4. The Morgan fingerprint density at radius 3 is 2.89 bits per heavy atom. The van der Waals surface area contributed by atoms with Crippen molar-refractivity contribution in [1.82, 2.24) is 5.32 Å². The zero-order chi connectivity index (χ0) is 6.69. The Kier molecular flexibility index (Phi) is 2.66. The van der Waals surface area contributed by atoms with Gasteiger partial charge in [-0.25, -0.2) is 0 Å². The molecule has 2 atom stereocenters. The lowest BCUT2D eigenvalue weighted by atomic mass is 10.5. The van der Waals surface area contributed by atoms with Crippen LogP contribution in [0.15, 0.2) is 0 Å². The van der Waals surface area contributed by atoms with Gasteiger partial charge in [-0.05, 0) is 0 Å². The van der Waals surface area contributed by atoms with Crippen LogP contribution in [0, 0.1) is 0 Å². The van der Waals surface area contributed by atoms with E-state index in [0.29, 0.717) is 13.2 Å². The fourth-order valence-corrected chi connectivity index (χ4v) is 1.30. The topological polar surface area (TPSA) is 58.6 Å². The van der Waals surface area contributed by atoms with Gasteiger partial charge in [-0.2, -0.15) is 0 Å². The molecule has 0 aromatic rings. The predicted octanol–water partition coefficient (Wildman–Crippen LogP) is -0.601. The lowest BCUT2D eigenvalue weighted by molar-refractivity contribution is 0.0741. The standard InChI is InChI=1S/C4H10NO3P/c6-9(7)4-3-5-1-2-8-4/h4-5,9H,1-3H2,(H,6,7). The van der Waals surface area contributed by atoms with Gasteiger partial charge in [0, 0.05) is 13.1 Å². The molecule has 1 saturated heterocycles. The lowest BCUT2D eigenvalue weighted by Crippen LogP contribution is -2.36. The number of hydrogen-bond donors (Lipinski definition) is 2. The van der Waals surface area contributed by atoms with E-state index < -0.39 is 13.9 Å². The molecule has 1 aliphatic heterocycles. The monoisotopic (exact) mass is 151 g/mol. The Bertz CT molecular complexity index is 112. The van der Waals surface area contributed by atoms with E-state index in [1.807, 2.05) is 0 Å². The number of ether oxygens (including phenoxy) is 1. The van der Waals surface area contributed by atoms with Crippen molar-refractivity contribution in [3.8, 4) is 0 Å². The number of nitrogens with one attached hydrogen (secondary N) is 1. The lowest BCUT2D eigenvalue weighted by Gasteiger charge is -2.20. The summed E-state index contributed by atoms with van der Waals surface area (Å²) in [6.07, 6.45) is 0. The molecule has 0 aromatic heterocycles. The van der Waals surface area contributed by atoms with Crippen LogP contribution < -0.4 is 5.32 Å². The van der Waals surface area contributed by atoms with Crippen molar-refractivity contribution in [2.24, 2.45) is 0 Å². The van der Waals surface area contributed by atoms with E-state index in [0.717, 1.165) is 6.54 Å². The molecule has 9 heavy (non-hydrogen) atoms. The second kappa shape index (κ2) is 3.32. The third-order valence-electron chi connectivity index (χ3n) is 1.20. The molecule has 1 rings (SSSR count). The maximum absolute atomic E-state index is 10.4. The Morgan fingerprint density at radius 2 is 2.56 bits per heavy atom. The molecule has 0 aliphatic carbocycles. The van der Waals surface area contributed by atoms with Gasteiger partial charge in [-0.1, -0.05) is 0 Å². The van der Waals surface area contributed by atoms with Crippen LogP contribution in [0.3, 0.4) is 0 Å². The summed E-state index contributed by atoms with van der Waals surface area (Å²) < 4.78 is 15.3. The largest absolute Gasteiger partial charge is 0.366 e. The van der Waals surface area contributed by atoms with Crippen LogP contribution in [0.1, 0.15) is 0 Å². The highest BCUT2D eigenvalue weighted by molar-refractivity contribution is 7.38. The molecule has 0 amide bonds. The molecule has 0 bridgehead atoms. The summed E-state index contributed by atoms with van der Waals surface area (Å²) >= 11 is 0. The first kappa shape index (κ1) is 7.22. The van der Waals surface area contributed by atoms with Gasteiger partial charge in [0.05, 0.1) is 6.61 Å². The van der Waals surface area contributed by atoms with E-state index >= 15 is 0 Å². The Hall–Kier alpha value is 0.110. The molecule has 0 spiro atoms. The summed E-state index contributed by atoms with van der Waals surface area (Å²) in [5.74, 6) is -0.455. The fraction of sp³-hybridized carbons (Fsp3) is 1.00. The highest BCUT2D eigenvalue weighted by Gasteiger charge is 2.17. The van der Waals surface area contributed by atoms with Gasteiger partial charge in [0.15, 0.2) is 0 Å². The molecule has 54 valence electrons. The minimum Gasteiger partial charge on any atom is -0.366 e. The van der Waals surface area contributed by atoms with Crippen LogP contribution in [0.5, 0.6) is 0 Å². The Morgan fingerprint density at radius 1 is 1.78 bits per heavy atom. The molecule has 0 aromatic carbocycles. The van der Waals surface area contributed by atoms with Crippen molar-refractivity contribution < 1.29 is 14.2 Å². The van der Waals surface area contributed by atoms with Gasteiger partial charge in [-0.15, -0.1) is 0 Å². The Balaban J connectivity index is 2.31. The van der Waals surface area contributed by atoms with Crippen molar-refractivity contribution in [2.75, 3.05) is 19.7 Å². The highest BCUT2D eigenvalue weighted by atomic mass is 31.1. The third-order valence-corrected chi connectivity index (χ3v) is 2.12. The average molecular weight is 151 g/mol. The van der Waals surface area contributed by atoms with Crippen LogP contribution in [0.25, 0.3) is 0 Å². The van der Waals surface area contributed by atoms with E-state index in [1.54, 1.807) is 0 Å².